The van der Waals surface area contributed by atoms with E-state index < -0.39 is 35.8 Å². The number of ether oxygens (including phenoxy) is 1. The summed E-state index contributed by atoms with van der Waals surface area (Å²) < 4.78 is 4.76. The zero-order valence-electron chi connectivity index (χ0n) is 16.4. The first-order chi connectivity index (χ1) is 14.8. The Morgan fingerprint density at radius 2 is 0.812 bits per heavy atom. The van der Waals surface area contributed by atoms with Gasteiger partial charge in [-0.25, -0.2) is 28.8 Å². The fourth-order valence-electron chi connectivity index (χ4n) is 1.23. The minimum atomic E-state index is -1.26. The van der Waals surface area contributed by atoms with Crippen LogP contribution in [0.1, 0.15) is 25.7 Å². The average Bonchev–Trinajstić information content (AvgIpc) is 2.92. The number of carboxylic acid groups (broad SMARTS) is 6. The van der Waals surface area contributed by atoms with Crippen molar-refractivity contribution in [2.75, 3.05) is 6.61 Å². The summed E-state index contributed by atoms with van der Waals surface area (Å²) in [6.07, 6.45) is 7.18. The van der Waals surface area contributed by atoms with E-state index in [4.69, 9.17) is 35.4 Å². The Balaban J connectivity index is -0.000000350. The zero-order chi connectivity index (χ0) is 25.5. The first kappa shape index (κ1) is 32.2. The second-order valence-corrected chi connectivity index (χ2v) is 5.06. The highest BCUT2D eigenvalue weighted by molar-refractivity contribution is 5.90. The molecule has 0 unspecified atom stereocenters. The molecule has 1 aliphatic heterocycles. The minimum absolute atomic E-state index is 0.0255. The van der Waals surface area contributed by atoms with E-state index >= 15 is 0 Å². The second kappa shape index (κ2) is 21.2. The van der Waals surface area contributed by atoms with E-state index in [2.05, 4.69) is 0 Å². The molecule has 0 aromatic carbocycles. The first-order valence-electron chi connectivity index (χ1n) is 8.35. The number of hydrogen-bond acceptors (Lipinski definition) is 8. The Morgan fingerprint density at radius 1 is 0.531 bits per heavy atom. The van der Waals surface area contributed by atoms with Crippen molar-refractivity contribution in [1.82, 2.24) is 0 Å². The zero-order valence-corrected chi connectivity index (χ0v) is 16.4. The lowest BCUT2D eigenvalue weighted by Gasteiger charge is -1.93. The van der Waals surface area contributed by atoms with E-state index in [-0.39, 0.29) is 5.97 Å². The smallest absolute Gasteiger partial charge is 0.328 e. The van der Waals surface area contributed by atoms with Gasteiger partial charge in [0.2, 0.25) is 0 Å². The van der Waals surface area contributed by atoms with Crippen LogP contribution in [-0.4, -0.2) is 79.0 Å². The molecule has 1 fully saturated rings. The molecule has 1 aliphatic rings. The molecular formula is C18H22O14. The number of carboxylic acids is 6. The van der Waals surface area contributed by atoms with E-state index in [1.54, 1.807) is 0 Å². The van der Waals surface area contributed by atoms with E-state index in [1.807, 2.05) is 0 Å². The maximum absolute atomic E-state index is 10.5. The van der Waals surface area contributed by atoms with Crippen molar-refractivity contribution in [3.05, 3.63) is 36.5 Å². The predicted octanol–water partition coefficient (Wildman–Crippen LogP) is 0.239. The highest BCUT2D eigenvalue weighted by Gasteiger charge is 2.05. The van der Waals surface area contributed by atoms with Crippen LogP contribution >= 0.6 is 0 Å². The third-order valence-corrected chi connectivity index (χ3v) is 2.39. The standard InChI is InChI=1S/C6H10O2.3C4H4O4/c7-6-4-2-1-3-5-8-6;3*5-3(6)1-2-4(7)8/h1-5H2;3*1-2H,(H,5,6)(H,7,8)/b;3*2-1+. The van der Waals surface area contributed by atoms with Gasteiger partial charge >= 0.3 is 41.8 Å². The lowest BCUT2D eigenvalue weighted by Crippen LogP contribution is -2.00. The van der Waals surface area contributed by atoms with Crippen LogP contribution in [0.2, 0.25) is 0 Å². The van der Waals surface area contributed by atoms with Crippen LogP contribution in [0.5, 0.6) is 0 Å². The minimum Gasteiger partial charge on any atom is -0.478 e. The van der Waals surface area contributed by atoms with Gasteiger partial charge in [0, 0.05) is 42.9 Å². The molecule has 0 aromatic rings. The molecule has 0 atom stereocenters. The lowest BCUT2D eigenvalue weighted by molar-refractivity contribution is -0.143. The lowest BCUT2D eigenvalue weighted by atomic mass is 10.2. The molecule has 1 rings (SSSR count). The summed E-state index contributed by atoms with van der Waals surface area (Å²) in [6, 6.07) is 0. The number of hydrogen-bond donors (Lipinski definition) is 6. The number of cyclic esters (lactones) is 1. The number of carbonyl (C=O) groups is 7. The molecule has 0 aliphatic carbocycles. The summed E-state index contributed by atoms with van der Waals surface area (Å²) in [4.78, 5) is 67.8. The van der Waals surface area contributed by atoms with Gasteiger partial charge in [0.05, 0.1) is 6.61 Å². The van der Waals surface area contributed by atoms with Gasteiger partial charge in [-0.2, -0.15) is 0 Å². The quantitative estimate of drug-likeness (QED) is 0.228. The van der Waals surface area contributed by atoms with Crippen LogP contribution in [0.25, 0.3) is 0 Å². The molecule has 32 heavy (non-hydrogen) atoms. The van der Waals surface area contributed by atoms with E-state index in [0.29, 0.717) is 49.5 Å². The van der Waals surface area contributed by atoms with Crippen LogP contribution < -0.4 is 0 Å². The van der Waals surface area contributed by atoms with Crippen LogP contribution in [0, 0.1) is 0 Å². The van der Waals surface area contributed by atoms with Gasteiger partial charge in [-0.15, -0.1) is 0 Å². The topological polar surface area (TPSA) is 250 Å². The Kier molecular flexibility index (Phi) is 21.3. The molecule has 14 nitrogen and oxygen atoms in total. The third-order valence-electron chi connectivity index (χ3n) is 2.39. The maximum Gasteiger partial charge on any atom is 0.328 e. The largest absolute Gasteiger partial charge is 0.478 e. The summed E-state index contributed by atoms with van der Waals surface area (Å²) in [6.45, 7) is 0.638. The number of carbonyl (C=O) groups excluding carboxylic acids is 1. The van der Waals surface area contributed by atoms with Gasteiger partial charge in [0.15, 0.2) is 0 Å². The molecule has 0 amide bonds. The van der Waals surface area contributed by atoms with Crippen LogP contribution in [0.4, 0.5) is 0 Å². The van der Waals surface area contributed by atoms with Crippen molar-refractivity contribution in [2.24, 2.45) is 0 Å². The number of rotatable bonds is 6. The molecule has 0 aromatic heterocycles. The van der Waals surface area contributed by atoms with Crippen molar-refractivity contribution in [2.45, 2.75) is 25.7 Å². The van der Waals surface area contributed by atoms with E-state index in [9.17, 15) is 33.6 Å². The summed E-state index contributed by atoms with van der Waals surface area (Å²) in [5.74, 6) is -7.57. The molecule has 6 N–H and O–H groups in total. The summed E-state index contributed by atoms with van der Waals surface area (Å²) >= 11 is 0. The normalized spacial score (nSPS) is 12.6. The van der Waals surface area contributed by atoms with Crippen LogP contribution in [0.3, 0.4) is 0 Å². The fourth-order valence-corrected chi connectivity index (χ4v) is 1.23. The molecule has 0 bridgehead atoms. The van der Waals surface area contributed by atoms with E-state index in [1.165, 1.54) is 0 Å². The van der Waals surface area contributed by atoms with Gasteiger partial charge in [0.1, 0.15) is 0 Å². The average molecular weight is 462 g/mol. The molecule has 1 saturated heterocycles. The summed E-state index contributed by atoms with van der Waals surface area (Å²) in [5, 5.41) is 46.9. The third kappa shape index (κ3) is 40.3. The summed E-state index contributed by atoms with van der Waals surface area (Å²) in [7, 11) is 0. The van der Waals surface area contributed by atoms with Crippen molar-refractivity contribution in [3.8, 4) is 0 Å². The highest BCUT2D eigenvalue weighted by atomic mass is 16.5. The molecule has 0 saturated carbocycles. The molecule has 0 radical (unpaired) electrons. The van der Waals surface area contributed by atoms with Crippen molar-refractivity contribution >= 4 is 41.8 Å². The first-order valence-corrected chi connectivity index (χ1v) is 8.35. The Hall–Kier alpha value is -4.49. The molecule has 0 spiro atoms. The van der Waals surface area contributed by atoms with Gasteiger partial charge in [-0.1, -0.05) is 0 Å². The van der Waals surface area contributed by atoms with Crippen LogP contribution in [-0.2, 0) is 38.3 Å². The molecule has 178 valence electrons. The Labute approximate surface area is 180 Å². The van der Waals surface area contributed by atoms with Crippen molar-refractivity contribution < 1.29 is 68.9 Å². The molecular weight excluding hydrogens is 440 g/mol. The Bertz CT molecular complexity index is 606. The molecule has 14 heteroatoms. The number of esters is 1. The summed E-state index contributed by atoms with van der Waals surface area (Å²) in [5.41, 5.74) is 0. The monoisotopic (exact) mass is 462 g/mol. The predicted molar refractivity (Wildman–Crippen MR) is 103 cm³/mol. The second-order valence-electron chi connectivity index (χ2n) is 5.06. The fraction of sp³-hybridized carbons (Fsp3) is 0.278. The van der Waals surface area contributed by atoms with Crippen molar-refractivity contribution in [1.29, 1.82) is 0 Å². The maximum atomic E-state index is 10.5. The van der Waals surface area contributed by atoms with Gasteiger partial charge in [0.25, 0.3) is 0 Å². The van der Waals surface area contributed by atoms with Gasteiger partial charge in [-0.3, -0.25) is 4.79 Å². The van der Waals surface area contributed by atoms with Crippen molar-refractivity contribution in [3.63, 3.8) is 0 Å². The van der Waals surface area contributed by atoms with Gasteiger partial charge < -0.3 is 35.4 Å². The highest BCUT2D eigenvalue weighted by Crippen LogP contribution is 2.06. The Morgan fingerprint density at radius 3 is 1.06 bits per heavy atom. The van der Waals surface area contributed by atoms with E-state index in [0.717, 1.165) is 19.3 Å². The van der Waals surface area contributed by atoms with Gasteiger partial charge in [-0.05, 0) is 19.3 Å². The SMILES string of the molecule is O=C(O)/C=C/C(=O)O.O=C(O)/C=C/C(=O)O.O=C(O)/C=C/C(=O)O.O=C1CCCCCO1. The number of aliphatic carboxylic acids is 6. The van der Waals surface area contributed by atoms with Crippen LogP contribution in [0.15, 0.2) is 36.5 Å². The molecule has 1 heterocycles.